The van der Waals surface area contributed by atoms with Crippen LogP contribution in [0.15, 0.2) is 18.2 Å². The number of carbonyl (C=O) groups excluding carboxylic acids is 5. The molecule has 0 bridgehead atoms. The van der Waals surface area contributed by atoms with Crippen molar-refractivity contribution in [3.63, 3.8) is 0 Å². The van der Waals surface area contributed by atoms with Gasteiger partial charge in [-0.3, -0.25) is 24.0 Å². The van der Waals surface area contributed by atoms with Gasteiger partial charge in [-0.2, -0.15) is 0 Å². The van der Waals surface area contributed by atoms with Crippen molar-refractivity contribution >= 4 is 46.7 Å². The number of anilines is 1. The molecule has 1 aromatic carbocycles. The zero-order valence-corrected chi connectivity index (χ0v) is 20.0. The lowest BCUT2D eigenvalue weighted by molar-refractivity contribution is -0.139. The highest BCUT2D eigenvalue weighted by molar-refractivity contribution is 6.38. The molecule has 0 aromatic heterocycles. The van der Waals surface area contributed by atoms with Crippen LogP contribution in [0.2, 0.25) is 5.02 Å². The molecule has 1 aromatic rings. The molecule has 184 valence electrons. The van der Waals surface area contributed by atoms with Gasteiger partial charge in [0.05, 0.1) is 17.3 Å². The molecule has 4 N–H and O–H groups in total. The summed E-state index contributed by atoms with van der Waals surface area (Å²) in [5, 5.41) is 10.8. The van der Waals surface area contributed by atoms with E-state index < -0.39 is 41.6 Å². The maximum Gasteiger partial charge on any atom is 0.289 e. The van der Waals surface area contributed by atoms with E-state index in [0.29, 0.717) is 6.42 Å². The number of carbonyl (C=O) groups is 5. The zero-order valence-electron chi connectivity index (χ0n) is 19.3. The highest BCUT2D eigenvalue weighted by atomic mass is 35.5. The van der Waals surface area contributed by atoms with Gasteiger partial charge in [-0.25, -0.2) is 0 Å². The second kappa shape index (κ2) is 11.0. The molecule has 4 amide bonds. The van der Waals surface area contributed by atoms with Gasteiger partial charge in [0.2, 0.25) is 11.7 Å². The fraction of sp³-hybridized carbons (Fsp3) is 0.522. The van der Waals surface area contributed by atoms with Gasteiger partial charge in [-0.1, -0.05) is 11.6 Å². The Kier molecular flexibility index (Phi) is 8.27. The maximum atomic E-state index is 13.2. The number of nitrogens with one attached hydrogen (secondary N) is 4. The predicted molar refractivity (Wildman–Crippen MR) is 124 cm³/mol. The molecule has 1 heterocycles. The summed E-state index contributed by atoms with van der Waals surface area (Å²) >= 11 is 6.07. The molecule has 4 atom stereocenters. The summed E-state index contributed by atoms with van der Waals surface area (Å²) in [6.07, 6.45) is 1.28. The monoisotopic (exact) mass is 492 g/mol. The van der Waals surface area contributed by atoms with E-state index in [2.05, 4.69) is 21.3 Å². The van der Waals surface area contributed by atoms with Gasteiger partial charge in [0, 0.05) is 30.1 Å². The van der Waals surface area contributed by atoms with Crippen molar-refractivity contribution in [3.8, 4) is 0 Å². The molecule has 2 fully saturated rings. The van der Waals surface area contributed by atoms with E-state index in [1.165, 1.54) is 25.3 Å². The Bertz CT molecular complexity index is 996. The molecule has 34 heavy (non-hydrogen) atoms. The van der Waals surface area contributed by atoms with Gasteiger partial charge in [-0.15, -0.1) is 0 Å². The number of halogens is 1. The van der Waals surface area contributed by atoms with Gasteiger partial charge in [0.1, 0.15) is 6.10 Å². The Labute approximate surface area is 202 Å². The van der Waals surface area contributed by atoms with E-state index in [9.17, 15) is 24.0 Å². The number of benzene rings is 1. The predicted octanol–water partition coefficient (Wildman–Crippen LogP) is 1.17. The van der Waals surface area contributed by atoms with Crippen molar-refractivity contribution < 1.29 is 28.7 Å². The highest BCUT2D eigenvalue weighted by Gasteiger charge is 2.37. The van der Waals surface area contributed by atoms with Crippen LogP contribution in [-0.2, 0) is 23.9 Å². The summed E-state index contributed by atoms with van der Waals surface area (Å²) in [5.41, 5.74) is 0.172. The zero-order chi connectivity index (χ0) is 25.0. The Hall–Kier alpha value is -2.98. The third-order valence-corrected chi connectivity index (χ3v) is 6.12. The van der Waals surface area contributed by atoms with Crippen molar-refractivity contribution in [1.82, 2.24) is 16.0 Å². The number of rotatable bonds is 10. The largest absolute Gasteiger partial charge is 0.372 e. The molecule has 1 saturated carbocycles. The third-order valence-electron chi connectivity index (χ3n) is 5.88. The molecule has 0 unspecified atom stereocenters. The van der Waals surface area contributed by atoms with Crippen molar-refractivity contribution in [2.45, 2.75) is 63.8 Å². The van der Waals surface area contributed by atoms with Crippen molar-refractivity contribution in [2.75, 3.05) is 12.4 Å². The Balaban J connectivity index is 1.82. The summed E-state index contributed by atoms with van der Waals surface area (Å²) in [5.74, 6) is -3.58. The van der Waals surface area contributed by atoms with Crippen LogP contribution < -0.4 is 21.3 Å². The maximum absolute atomic E-state index is 13.2. The van der Waals surface area contributed by atoms with Gasteiger partial charge >= 0.3 is 0 Å². The minimum Gasteiger partial charge on any atom is -0.372 e. The SMILES string of the molecule is CO[C@H](C)C(=O)Nc1ccc(Cl)cc1C(=O)N[C@@H](C[C@@H]1C[C@@H](C)NC1=O)C(=O)C(=O)NC1CC1. The lowest BCUT2D eigenvalue weighted by Gasteiger charge is -2.21. The first-order chi connectivity index (χ1) is 16.1. The number of ketones is 1. The van der Waals surface area contributed by atoms with Crippen LogP contribution in [0.4, 0.5) is 5.69 Å². The summed E-state index contributed by atoms with van der Waals surface area (Å²) in [6.45, 7) is 3.39. The summed E-state index contributed by atoms with van der Waals surface area (Å²) < 4.78 is 4.99. The molecule has 1 aliphatic heterocycles. The minimum absolute atomic E-state index is 0.00814. The van der Waals surface area contributed by atoms with E-state index in [1.807, 2.05) is 6.92 Å². The van der Waals surface area contributed by atoms with Crippen molar-refractivity contribution in [2.24, 2.45) is 5.92 Å². The quantitative estimate of drug-likeness (QED) is 0.361. The van der Waals surface area contributed by atoms with Gasteiger partial charge in [0.15, 0.2) is 0 Å². The average molecular weight is 493 g/mol. The van der Waals surface area contributed by atoms with E-state index >= 15 is 0 Å². The van der Waals surface area contributed by atoms with Gasteiger partial charge in [0.25, 0.3) is 17.7 Å². The van der Waals surface area contributed by atoms with Crippen LogP contribution in [-0.4, -0.2) is 60.8 Å². The average Bonchev–Trinajstić information content (AvgIpc) is 3.55. The minimum atomic E-state index is -1.23. The van der Waals surface area contributed by atoms with E-state index in [4.69, 9.17) is 16.3 Å². The third kappa shape index (κ3) is 6.54. The molecule has 10 nitrogen and oxygen atoms in total. The van der Waals surface area contributed by atoms with Crippen LogP contribution in [0.3, 0.4) is 0 Å². The summed E-state index contributed by atoms with van der Waals surface area (Å²) in [6, 6.07) is 2.97. The lowest BCUT2D eigenvalue weighted by Crippen LogP contribution is -2.49. The first-order valence-electron chi connectivity index (χ1n) is 11.2. The number of ether oxygens (including phenoxy) is 1. The smallest absolute Gasteiger partial charge is 0.289 e. The molecule has 0 radical (unpaired) electrons. The van der Waals surface area contributed by atoms with Crippen molar-refractivity contribution in [3.05, 3.63) is 28.8 Å². The highest BCUT2D eigenvalue weighted by Crippen LogP contribution is 2.24. The number of hydrogen-bond donors (Lipinski definition) is 4. The van der Waals surface area contributed by atoms with E-state index in [0.717, 1.165) is 12.8 Å². The molecule has 11 heteroatoms. The normalized spacial score (nSPS) is 21.2. The molecular weight excluding hydrogens is 464 g/mol. The van der Waals surface area contributed by atoms with Crippen LogP contribution in [0, 0.1) is 5.92 Å². The summed E-state index contributed by atoms with van der Waals surface area (Å²) in [7, 11) is 1.38. The number of hydrogen-bond acceptors (Lipinski definition) is 6. The van der Waals surface area contributed by atoms with E-state index in [-0.39, 0.29) is 40.7 Å². The van der Waals surface area contributed by atoms with Gasteiger partial charge in [-0.05, 0) is 57.7 Å². The molecular formula is C23H29ClN4O6. The fourth-order valence-corrected chi connectivity index (χ4v) is 3.88. The Morgan fingerprint density at radius 1 is 1.24 bits per heavy atom. The number of methoxy groups -OCH3 is 1. The van der Waals surface area contributed by atoms with Gasteiger partial charge < -0.3 is 26.0 Å². The number of Topliss-reactive ketones (excluding diaryl/α,β-unsaturated/α-hetero) is 1. The van der Waals surface area contributed by atoms with E-state index in [1.54, 1.807) is 6.92 Å². The molecule has 2 aliphatic rings. The first-order valence-corrected chi connectivity index (χ1v) is 11.6. The number of amides is 4. The Morgan fingerprint density at radius 2 is 1.94 bits per heavy atom. The molecule has 3 rings (SSSR count). The molecule has 1 saturated heterocycles. The first kappa shape index (κ1) is 25.6. The standard InChI is InChI=1S/C23H29ClN4O6/c1-11-8-13(21(31)25-11)9-18(19(29)23(33)26-15-5-6-15)28-22(32)16-10-14(24)4-7-17(16)27-20(30)12(2)34-3/h4,7,10-13,15,18H,5-6,8-9H2,1-3H3,(H,25,31)(H,26,33)(H,27,30)(H,28,32)/t11-,12-,13+,18+/m1/s1. The fourth-order valence-electron chi connectivity index (χ4n) is 3.71. The van der Waals surface area contributed by atoms with Crippen molar-refractivity contribution in [1.29, 1.82) is 0 Å². The van der Waals surface area contributed by atoms with Crippen LogP contribution >= 0.6 is 11.6 Å². The Morgan fingerprint density at radius 3 is 2.53 bits per heavy atom. The second-order valence-corrected chi connectivity index (χ2v) is 9.21. The topological polar surface area (TPSA) is 143 Å². The van der Waals surface area contributed by atoms with Crippen LogP contribution in [0.25, 0.3) is 0 Å². The molecule has 0 spiro atoms. The summed E-state index contributed by atoms with van der Waals surface area (Å²) in [4.78, 5) is 63.1. The second-order valence-electron chi connectivity index (χ2n) is 8.77. The van der Waals surface area contributed by atoms with Crippen LogP contribution in [0.5, 0.6) is 0 Å². The van der Waals surface area contributed by atoms with Crippen LogP contribution in [0.1, 0.15) is 49.9 Å². The molecule has 1 aliphatic carbocycles. The lowest BCUT2D eigenvalue weighted by atomic mass is 9.93.